The minimum atomic E-state index is -6.25. The van der Waals surface area contributed by atoms with Crippen LogP contribution in [0.2, 0.25) is 0 Å². The van der Waals surface area contributed by atoms with Crippen molar-refractivity contribution in [1.82, 2.24) is 0 Å². The Hall–Kier alpha value is -0.140. The summed E-state index contributed by atoms with van der Waals surface area (Å²) in [4.78, 5) is 0. The minimum absolute atomic E-state index is 0.279. The predicted octanol–water partition coefficient (Wildman–Crippen LogP) is 4.08. The Bertz CT molecular complexity index is 195. The summed E-state index contributed by atoms with van der Waals surface area (Å²) in [6, 6.07) is 0. The first-order chi connectivity index (χ1) is 5.92. The topological polar surface area (TPSA) is 0 Å². The summed E-state index contributed by atoms with van der Waals surface area (Å²) in [6.45, 7) is 2.04. The van der Waals surface area contributed by atoms with E-state index in [4.69, 9.17) is 0 Å². The van der Waals surface area contributed by atoms with Crippen molar-refractivity contribution in [2.75, 3.05) is 0 Å². The van der Waals surface area contributed by atoms with Crippen LogP contribution in [0.15, 0.2) is 0 Å². The van der Waals surface area contributed by atoms with E-state index < -0.39 is 29.1 Å². The number of rotatable bonds is 3. The molecule has 0 atom stereocenters. The molecule has 0 aliphatic carbocycles. The Morgan fingerprint density at radius 1 is 0.857 bits per heavy atom. The van der Waals surface area contributed by atoms with Gasteiger partial charge in [-0.2, -0.15) is 30.7 Å². The van der Waals surface area contributed by atoms with Gasteiger partial charge in [-0.25, -0.2) is 0 Å². The summed E-state index contributed by atoms with van der Waals surface area (Å²) in [6.07, 6.45) is -6.25. The minimum Gasteiger partial charge on any atom is -0.188 e. The van der Waals surface area contributed by atoms with Crippen LogP contribution in [0.3, 0.4) is 0 Å². The van der Waals surface area contributed by atoms with E-state index in [0.717, 1.165) is 13.8 Å². The van der Waals surface area contributed by atoms with Crippen molar-refractivity contribution in [3.8, 4) is 0 Å². The number of halogens is 7. The maximum Gasteiger partial charge on any atom is 0.460 e. The van der Waals surface area contributed by atoms with Gasteiger partial charge in [0.15, 0.2) is 0 Å². The van der Waals surface area contributed by atoms with Gasteiger partial charge in [0.1, 0.15) is 0 Å². The average Bonchev–Trinajstić information content (AvgIpc) is 1.80. The molecule has 0 aliphatic rings. The van der Waals surface area contributed by atoms with Crippen molar-refractivity contribution in [3.05, 3.63) is 5.25 Å². The molecule has 0 unspecified atom stereocenters. The Morgan fingerprint density at radius 2 is 1.21 bits per heavy atom. The molecule has 0 bridgehead atoms. The number of hydrogen-bond acceptors (Lipinski definition) is 1. The van der Waals surface area contributed by atoms with Gasteiger partial charge in [-0.1, -0.05) is 11.8 Å². The van der Waals surface area contributed by atoms with E-state index in [1.54, 1.807) is 0 Å². The third-order valence-electron chi connectivity index (χ3n) is 1.05. The van der Waals surface area contributed by atoms with E-state index in [0.29, 0.717) is 0 Å². The molecule has 0 nitrogen and oxygen atoms in total. The Kier molecular flexibility index (Phi) is 3.75. The van der Waals surface area contributed by atoms with Crippen LogP contribution >= 0.6 is 11.8 Å². The first-order valence-electron chi connectivity index (χ1n) is 3.23. The van der Waals surface area contributed by atoms with Crippen molar-refractivity contribution >= 4 is 11.8 Å². The molecule has 0 N–H and O–H groups in total. The van der Waals surface area contributed by atoms with E-state index in [9.17, 15) is 30.7 Å². The van der Waals surface area contributed by atoms with Gasteiger partial charge in [0, 0.05) is 5.25 Å². The number of alkyl halides is 7. The predicted molar refractivity (Wildman–Crippen MR) is 38.1 cm³/mol. The van der Waals surface area contributed by atoms with Crippen LogP contribution < -0.4 is 0 Å². The summed E-state index contributed by atoms with van der Waals surface area (Å²) >= 11 is -0.796. The first kappa shape index (κ1) is 13.9. The van der Waals surface area contributed by atoms with Gasteiger partial charge >= 0.3 is 17.4 Å². The van der Waals surface area contributed by atoms with Crippen molar-refractivity contribution in [2.45, 2.75) is 31.2 Å². The fourth-order valence-electron chi connectivity index (χ4n) is 0.485. The molecule has 1 radical (unpaired) electrons. The zero-order valence-corrected chi connectivity index (χ0v) is 7.87. The molecule has 0 aromatic carbocycles. The standard InChI is InChI=1S/C6H6F7S/c1-3(2)14-6(12,13)4(7,8)5(9,10)11/h1-2H3. The molecule has 14 heavy (non-hydrogen) atoms. The molecule has 0 aromatic heterocycles. The molecule has 0 saturated heterocycles. The highest BCUT2D eigenvalue weighted by molar-refractivity contribution is 8.03. The van der Waals surface area contributed by atoms with E-state index >= 15 is 0 Å². The monoisotopic (exact) mass is 243 g/mol. The molecular weight excluding hydrogens is 237 g/mol. The number of thioether (sulfide) groups is 1. The maximum absolute atomic E-state index is 12.4. The molecular formula is C6H6F7S. The van der Waals surface area contributed by atoms with Gasteiger partial charge < -0.3 is 0 Å². The van der Waals surface area contributed by atoms with E-state index in [2.05, 4.69) is 0 Å². The summed E-state index contributed by atoms with van der Waals surface area (Å²) in [5, 5.41) is -5.46. The Morgan fingerprint density at radius 3 is 1.43 bits per heavy atom. The zero-order chi connectivity index (χ0) is 11.8. The van der Waals surface area contributed by atoms with E-state index in [1.807, 2.05) is 0 Å². The maximum atomic E-state index is 12.4. The SMILES string of the molecule is C[C](C)SC(F)(F)C(F)(F)C(F)(F)F. The smallest absolute Gasteiger partial charge is 0.188 e. The van der Waals surface area contributed by atoms with Crippen LogP contribution in [-0.2, 0) is 0 Å². The van der Waals surface area contributed by atoms with Gasteiger partial charge in [0.2, 0.25) is 0 Å². The van der Waals surface area contributed by atoms with Crippen LogP contribution in [0, 0.1) is 5.25 Å². The fraction of sp³-hybridized carbons (Fsp3) is 0.833. The molecule has 8 heteroatoms. The summed E-state index contributed by atoms with van der Waals surface area (Å²) in [7, 11) is 0. The first-order valence-corrected chi connectivity index (χ1v) is 4.05. The van der Waals surface area contributed by atoms with Crippen LogP contribution in [0.5, 0.6) is 0 Å². The molecule has 0 fully saturated rings. The van der Waals surface area contributed by atoms with Crippen molar-refractivity contribution < 1.29 is 30.7 Å². The third-order valence-corrected chi connectivity index (χ3v) is 1.97. The second-order valence-electron chi connectivity index (χ2n) is 2.60. The Balaban J connectivity index is 4.88. The van der Waals surface area contributed by atoms with Crippen molar-refractivity contribution in [1.29, 1.82) is 0 Å². The number of hydrogen-bond donors (Lipinski definition) is 0. The second-order valence-corrected chi connectivity index (χ2v) is 4.13. The molecule has 0 saturated carbocycles. The highest BCUT2D eigenvalue weighted by Gasteiger charge is 2.73. The highest BCUT2D eigenvalue weighted by Crippen LogP contribution is 2.53. The summed E-state index contributed by atoms with van der Waals surface area (Å²) < 4.78 is 83.7. The third kappa shape index (κ3) is 2.68. The van der Waals surface area contributed by atoms with Crippen molar-refractivity contribution in [3.63, 3.8) is 0 Å². The fourth-order valence-corrected chi connectivity index (χ4v) is 1.24. The van der Waals surface area contributed by atoms with Gasteiger partial charge in [0.25, 0.3) is 0 Å². The summed E-state index contributed by atoms with van der Waals surface area (Å²) in [5.41, 5.74) is 0. The van der Waals surface area contributed by atoms with Crippen LogP contribution in [0.25, 0.3) is 0 Å². The van der Waals surface area contributed by atoms with Gasteiger partial charge in [-0.05, 0) is 13.8 Å². The lowest BCUT2D eigenvalue weighted by molar-refractivity contribution is -0.330. The molecule has 0 aromatic rings. The molecule has 0 heterocycles. The average molecular weight is 243 g/mol. The molecule has 0 amide bonds. The lowest BCUT2D eigenvalue weighted by Gasteiger charge is -2.28. The summed E-state index contributed by atoms with van der Waals surface area (Å²) in [5.74, 6) is -6.03. The zero-order valence-electron chi connectivity index (χ0n) is 7.05. The lowest BCUT2D eigenvalue weighted by Crippen LogP contribution is -2.50. The molecule has 0 aliphatic heterocycles. The molecule has 0 rings (SSSR count). The van der Waals surface area contributed by atoms with Crippen LogP contribution in [-0.4, -0.2) is 17.4 Å². The second kappa shape index (κ2) is 3.79. The van der Waals surface area contributed by atoms with Crippen LogP contribution in [0.4, 0.5) is 30.7 Å². The largest absolute Gasteiger partial charge is 0.460 e. The molecule has 0 spiro atoms. The van der Waals surface area contributed by atoms with E-state index in [-0.39, 0.29) is 5.25 Å². The van der Waals surface area contributed by atoms with Gasteiger partial charge in [-0.15, -0.1) is 0 Å². The van der Waals surface area contributed by atoms with Crippen LogP contribution in [0.1, 0.15) is 13.8 Å². The van der Waals surface area contributed by atoms with Gasteiger partial charge in [-0.3, -0.25) is 0 Å². The quantitative estimate of drug-likeness (QED) is 0.673. The normalized spacial score (nSPS) is 15.0. The molecule has 85 valence electrons. The highest BCUT2D eigenvalue weighted by atomic mass is 32.2. The van der Waals surface area contributed by atoms with E-state index in [1.165, 1.54) is 0 Å². The Labute approximate surface area is 79.8 Å². The van der Waals surface area contributed by atoms with Gasteiger partial charge in [0.05, 0.1) is 0 Å². The van der Waals surface area contributed by atoms with Crippen molar-refractivity contribution in [2.24, 2.45) is 0 Å². The lowest BCUT2D eigenvalue weighted by atomic mass is 10.3.